The highest BCUT2D eigenvalue weighted by atomic mass is 35.5. The molecule has 0 aliphatic carbocycles. The summed E-state index contributed by atoms with van der Waals surface area (Å²) in [6.45, 7) is 5.88. The van der Waals surface area contributed by atoms with Crippen molar-refractivity contribution in [3.05, 3.63) is 34.9 Å². The summed E-state index contributed by atoms with van der Waals surface area (Å²) in [5, 5.41) is 4.31. The molecule has 0 amide bonds. The summed E-state index contributed by atoms with van der Waals surface area (Å²) in [5.74, 6) is 0.811. The molecule has 20 heavy (non-hydrogen) atoms. The Labute approximate surface area is 134 Å². The van der Waals surface area contributed by atoms with Crippen molar-refractivity contribution >= 4 is 24.0 Å². The van der Waals surface area contributed by atoms with E-state index in [9.17, 15) is 0 Å². The van der Waals surface area contributed by atoms with Crippen LogP contribution in [0.25, 0.3) is 0 Å². The van der Waals surface area contributed by atoms with Crippen molar-refractivity contribution in [1.29, 1.82) is 0 Å². The van der Waals surface area contributed by atoms with Gasteiger partial charge in [-0.25, -0.2) is 0 Å². The molecule has 1 aliphatic heterocycles. The minimum atomic E-state index is 0. The van der Waals surface area contributed by atoms with Crippen LogP contribution in [-0.2, 0) is 6.42 Å². The number of hydrogen-bond acceptors (Lipinski definition) is 2. The molecule has 1 saturated heterocycles. The molecule has 0 radical (unpaired) electrons. The van der Waals surface area contributed by atoms with Crippen LogP contribution < -0.4 is 5.32 Å². The number of hydrogen-bond donors (Lipinski definition) is 1. The number of nitrogens with one attached hydrogen (secondary N) is 1. The van der Waals surface area contributed by atoms with Crippen molar-refractivity contribution in [3.63, 3.8) is 0 Å². The van der Waals surface area contributed by atoms with Gasteiger partial charge in [-0.2, -0.15) is 0 Å². The van der Waals surface area contributed by atoms with Gasteiger partial charge in [0.2, 0.25) is 0 Å². The Hall–Kier alpha value is -0.280. The largest absolute Gasteiger partial charge is 0.316 e. The van der Waals surface area contributed by atoms with Gasteiger partial charge in [0.15, 0.2) is 0 Å². The lowest BCUT2D eigenvalue weighted by atomic mass is 9.98. The normalized spacial score (nSPS) is 20.5. The summed E-state index contributed by atoms with van der Waals surface area (Å²) in [6, 6.07) is 8.80. The zero-order chi connectivity index (χ0) is 13.7. The zero-order valence-electron chi connectivity index (χ0n) is 12.4. The second-order valence-corrected chi connectivity index (χ2v) is 6.27. The molecule has 1 aliphatic rings. The fourth-order valence-electron chi connectivity index (χ4n) is 2.78. The van der Waals surface area contributed by atoms with E-state index in [1.54, 1.807) is 0 Å². The van der Waals surface area contributed by atoms with Gasteiger partial charge in [-0.3, -0.25) is 0 Å². The van der Waals surface area contributed by atoms with Gasteiger partial charge in [-0.1, -0.05) is 23.7 Å². The molecule has 2 nitrogen and oxygen atoms in total. The quantitative estimate of drug-likeness (QED) is 0.892. The summed E-state index contributed by atoms with van der Waals surface area (Å²) < 4.78 is 0. The molecule has 0 spiro atoms. The van der Waals surface area contributed by atoms with E-state index in [4.69, 9.17) is 11.6 Å². The van der Waals surface area contributed by atoms with Gasteiger partial charge in [-0.15, -0.1) is 12.4 Å². The molecule has 114 valence electrons. The Balaban J connectivity index is 0.00000200. The Morgan fingerprint density at radius 2 is 2.05 bits per heavy atom. The third-order valence-electron chi connectivity index (χ3n) is 4.14. The molecule has 2 rings (SSSR count). The summed E-state index contributed by atoms with van der Waals surface area (Å²) in [6.07, 6.45) is 3.78. The summed E-state index contributed by atoms with van der Waals surface area (Å²) >= 11 is 5.92. The number of likely N-dealkylation sites (N-methyl/N-ethyl adjacent to an activating group) is 1. The lowest BCUT2D eigenvalue weighted by molar-refractivity contribution is 0.197. The summed E-state index contributed by atoms with van der Waals surface area (Å²) in [7, 11) is 2.25. The Kier molecular flexibility index (Phi) is 7.90. The Bertz CT molecular complexity index is 375. The number of benzene rings is 1. The fourth-order valence-corrected chi connectivity index (χ4v) is 2.91. The predicted octanol–water partition coefficient (Wildman–Crippen LogP) is 3.62. The monoisotopic (exact) mass is 316 g/mol. The van der Waals surface area contributed by atoms with Gasteiger partial charge in [0, 0.05) is 17.6 Å². The number of nitrogens with zero attached hydrogens (tertiary/aromatic N) is 1. The van der Waals surface area contributed by atoms with Crippen LogP contribution in [-0.4, -0.2) is 37.6 Å². The smallest absolute Gasteiger partial charge is 0.0406 e. The maximum absolute atomic E-state index is 5.92. The van der Waals surface area contributed by atoms with Crippen LogP contribution in [0.3, 0.4) is 0 Å². The van der Waals surface area contributed by atoms with Crippen LogP contribution in [0.5, 0.6) is 0 Å². The van der Waals surface area contributed by atoms with E-state index >= 15 is 0 Å². The van der Waals surface area contributed by atoms with E-state index < -0.39 is 0 Å². The van der Waals surface area contributed by atoms with Crippen LogP contribution in [0.15, 0.2) is 24.3 Å². The first-order valence-electron chi connectivity index (χ1n) is 7.30. The van der Waals surface area contributed by atoms with Crippen LogP contribution in [0.1, 0.15) is 25.3 Å². The van der Waals surface area contributed by atoms with Gasteiger partial charge in [0.05, 0.1) is 0 Å². The van der Waals surface area contributed by atoms with Crippen LogP contribution in [0, 0.1) is 5.92 Å². The molecule has 2 atom stereocenters. The number of piperidine rings is 1. The SMILES string of the molecule is CC(Cc1ccc(Cl)cc1)N(C)CC1CCCNC1.Cl. The van der Waals surface area contributed by atoms with E-state index in [2.05, 4.69) is 36.3 Å². The molecule has 1 heterocycles. The Morgan fingerprint density at radius 3 is 2.65 bits per heavy atom. The fraction of sp³-hybridized carbons (Fsp3) is 0.625. The molecule has 1 aromatic rings. The first kappa shape index (κ1) is 17.8. The van der Waals surface area contributed by atoms with Gasteiger partial charge in [0.1, 0.15) is 0 Å². The minimum absolute atomic E-state index is 0. The van der Waals surface area contributed by atoms with Crippen molar-refractivity contribution in [2.75, 3.05) is 26.7 Å². The van der Waals surface area contributed by atoms with E-state index in [1.165, 1.54) is 38.0 Å². The standard InChI is InChI=1S/C16H25ClN2.ClH/c1-13(10-14-5-7-16(17)8-6-14)19(2)12-15-4-3-9-18-11-15;/h5-8,13,15,18H,3-4,9-12H2,1-2H3;1H. The topological polar surface area (TPSA) is 15.3 Å². The zero-order valence-corrected chi connectivity index (χ0v) is 14.0. The minimum Gasteiger partial charge on any atom is -0.316 e. The first-order valence-corrected chi connectivity index (χ1v) is 7.68. The molecular weight excluding hydrogens is 291 g/mol. The van der Waals surface area contributed by atoms with Crippen molar-refractivity contribution in [1.82, 2.24) is 10.2 Å². The number of halogens is 2. The average Bonchev–Trinajstić information content (AvgIpc) is 2.42. The first-order chi connectivity index (χ1) is 9.15. The molecule has 0 aromatic heterocycles. The van der Waals surface area contributed by atoms with E-state index in [0.717, 1.165) is 17.4 Å². The van der Waals surface area contributed by atoms with Crippen LogP contribution in [0.2, 0.25) is 5.02 Å². The van der Waals surface area contributed by atoms with Crippen LogP contribution in [0.4, 0.5) is 0 Å². The van der Waals surface area contributed by atoms with E-state index in [-0.39, 0.29) is 12.4 Å². The predicted molar refractivity (Wildman–Crippen MR) is 90.1 cm³/mol. The summed E-state index contributed by atoms with van der Waals surface area (Å²) in [5.41, 5.74) is 1.37. The molecule has 4 heteroatoms. The molecule has 0 saturated carbocycles. The van der Waals surface area contributed by atoms with Crippen molar-refractivity contribution in [2.45, 2.75) is 32.2 Å². The highest BCUT2D eigenvalue weighted by Crippen LogP contribution is 2.16. The second kappa shape index (κ2) is 8.89. The second-order valence-electron chi connectivity index (χ2n) is 5.83. The lowest BCUT2D eigenvalue weighted by Crippen LogP contribution is -2.40. The van der Waals surface area contributed by atoms with Gasteiger partial charge in [-0.05, 0) is 69.9 Å². The van der Waals surface area contributed by atoms with Gasteiger partial charge >= 0.3 is 0 Å². The van der Waals surface area contributed by atoms with E-state index in [1.807, 2.05) is 12.1 Å². The van der Waals surface area contributed by atoms with Gasteiger partial charge < -0.3 is 10.2 Å². The third kappa shape index (κ3) is 5.61. The molecule has 1 fully saturated rings. The average molecular weight is 317 g/mol. The molecule has 1 aromatic carbocycles. The molecule has 0 bridgehead atoms. The van der Waals surface area contributed by atoms with Gasteiger partial charge in [0.25, 0.3) is 0 Å². The maximum Gasteiger partial charge on any atom is 0.0406 e. The molecule has 1 N–H and O–H groups in total. The van der Waals surface area contributed by atoms with Crippen molar-refractivity contribution in [2.24, 2.45) is 5.92 Å². The highest BCUT2D eigenvalue weighted by Gasteiger charge is 2.18. The highest BCUT2D eigenvalue weighted by molar-refractivity contribution is 6.30. The maximum atomic E-state index is 5.92. The van der Waals surface area contributed by atoms with Crippen LogP contribution >= 0.6 is 24.0 Å². The molecular formula is C16H26Cl2N2. The third-order valence-corrected chi connectivity index (χ3v) is 4.39. The van der Waals surface area contributed by atoms with E-state index in [0.29, 0.717) is 6.04 Å². The number of rotatable bonds is 5. The van der Waals surface area contributed by atoms with Crippen molar-refractivity contribution < 1.29 is 0 Å². The lowest BCUT2D eigenvalue weighted by Gasteiger charge is -2.31. The summed E-state index contributed by atoms with van der Waals surface area (Å²) in [4.78, 5) is 2.49. The molecule has 2 unspecified atom stereocenters. The Morgan fingerprint density at radius 1 is 1.35 bits per heavy atom. The van der Waals surface area contributed by atoms with Crippen molar-refractivity contribution in [3.8, 4) is 0 Å².